The van der Waals surface area contributed by atoms with Gasteiger partial charge in [0, 0.05) is 18.9 Å². The molecule has 4 nitrogen and oxygen atoms in total. The Morgan fingerprint density at radius 3 is 2.69 bits per heavy atom. The molecule has 0 radical (unpaired) electrons. The highest BCUT2D eigenvalue weighted by Crippen LogP contribution is 2.14. The molecule has 1 rings (SSSR count). The Kier molecular flexibility index (Phi) is 10.3. The molecule has 0 saturated carbocycles. The van der Waals surface area contributed by atoms with Crippen LogP contribution in [0.3, 0.4) is 0 Å². The topological polar surface area (TPSA) is 65.2 Å². The number of hydrogen-bond donors (Lipinski definition) is 1. The van der Waals surface area contributed by atoms with Crippen LogP contribution < -0.4 is 5.73 Å². The van der Waals surface area contributed by atoms with Gasteiger partial charge in [0.15, 0.2) is 0 Å². The number of aromatic nitrogens is 1. The van der Waals surface area contributed by atoms with E-state index in [0.717, 1.165) is 5.56 Å². The van der Waals surface area contributed by atoms with Gasteiger partial charge in [-0.1, -0.05) is 6.07 Å². The molecular formula is C10H16Cl2N2O2. The fraction of sp³-hybridized carbons (Fsp3) is 0.400. The first-order chi connectivity index (χ1) is 6.79. The molecule has 1 aromatic rings. The van der Waals surface area contributed by atoms with E-state index in [0.29, 0.717) is 6.61 Å². The Morgan fingerprint density at radius 1 is 1.56 bits per heavy atom. The molecule has 0 aromatic carbocycles. The maximum absolute atomic E-state index is 11.4. The van der Waals surface area contributed by atoms with Crippen LogP contribution in [-0.2, 0) is 9.53 Å². The van der Waals surface area contributed by atoms with E-state index in [1.807, 2.05) is 6.07 Å². The molecule has 0 bridgehead atoms. The Hall–Kier alpha value is -0.840. The van der Waals surface area contributed by atoms with E-state index in [9.17, 15) is 4.79 Å². The van der Waals surface area contributed by atoms with Crippen molar-refractivity contribution in [3.05, 3.63) is 30.1 Å². The lowest BCUT2D eigenvalue weighted by atomic mass is 10.0. The maximum atomic E-state index is 11.4. The number of carbonyl (C=O) groups excluding carboxylic acids is 1. The van der Waals surface area contributed by atoms with E-state index >= 15 is 0 Å². The molecule has 0 aliphatic carbocycles. The van der Waals surface area contributed by atoms with Gasteiger partial charge in [0.2, 0.25) is 0 Å². The van der Waals surface area contributed by atoms with Crippen molar-refractivity contribution < 1.29 is 9.53 Å². The van der Waals surface area contributed by atoms with Gasteiger partial charge in [0.25, 0.3) is 0 Å². The monoisotopic (exact) mass is 266 g/mol. The minimum absolute atomic E-state index is 0. The third-order valence-electron chi connectivity index (χ3n) is 1.89. The van der Waals surface area contributed by atoms with Crippen LogP contribution in [0.15, 0.2) is 24.5 Å². The van der Waals surface area contributed by atoms with Gasteiger partial charge in [-0.15, -0.1) is 24.8 Å². The van der Waals surface area contributed by atoms with Crippen LogP contribution in [0.25, 0.3) is 0 Å². The average Bonchev–Trinajstić information content (AvgIpc) is 2.21. The molecule has 2 N–H and O–H groups in total. The molecule has 6 heteroatoms. The summed E-state index contributed by atoms with van der Waals surface area (Å²) < 4.78 is 4.90. The average molecular weight is 267 g/mol. The standard InChI is InChI=1S/C10H14N2O2.2ClH/c1-2-14-10(13)9(6-11)8-4-3-5-12-7-8;;/h3-5,7,9H,2,6,11H2,1H3;2*1H/t9-;;/m1../s1. The van der Waals surface area contributed by atoms with Crippen LogP contribution in [-0.4, -0.2) is 24.1 Å². The van der Waals surface area contributed by atoms with Crippen molar-refractivity contribution >= 4 is 30.8 Å². The second kappa shape index (κ2) is 9.39. The maximum Gasteiger partial charge on any atom is 0.314 e. The summed E-state index contributed by atoms with van der Waals surface area (Å²) in [5.74, 6) is -0.688. The van der Waals surface area contributed by atoms with Crippen LogP contribution in [0.5, 0.6) is 0 Å². The summed E-state index contributed by atoms with van der Waals surface area (Å²) in [5.41, 5.74) is 6.31. The summed E-state index contributed by atoms with van der Waals surface area (Å²) in [6, 6.07) is 3.60. The zero-order valence-electron chi connectivity index (χ0n) is 8.96. The number of hydrogen-bond acceptors (Lipinski definition) is 4. The van der Waals surface area contributed by atoms with Gasteiger partial charge in [-0.25, -0.2) is 0 Å². The number of nitrogens with two attached hydrogens (primary N) is 1. The Balaban J connectivity index is 0. The first-order valence-electron chi connectivity index (χ1n) is 4.56. The van der Waals surface area contributed by atoms with Crippen LogP contribution in [0.4, 0.5) is 0 Å². The number of esters is 1. The smallest absolute Gasteiger partial charge is 0.314 e. The first kappa shape index (κ1) is 17.6. The molecule has 1 heterocycles. The summed E-state index contributed by atoms with van der Waals surface area (Å²) in [6.07, 6.45) is 3.29. The van der Waals surface area contributed by atoms with Crippen molar-refractivity contribution in [1.82, 2.24) is 4.98 Å². The van der Waals surface area contributed by atoms with Gasteiger partial charge in [0.05, 0.1) is 12.5 Å². The van der Waals surface area contributed by atoms with E-state index in [1.54, 1.807) is 25.4 Å². The molecule has 0 aliphatic heterocycles. The SMILES string of the molecule is CCOC(=O)[C@H](CN)c1cccnc1.Cl.Cl. The fourth-order valence-corrected chi connectivity index (χ4v) is 1.19. The van der Waals surface area contributed by atoms with Crippen LogP contribution in [0.1, 0.15) is 18.4 Å². The van der Waals surface area contributed by atoms with Crippen LogP contribution in [0.2, 0.25) is 0 Å². The van der Waals surface area contributed by atoms with Crippen LogP contribution >= 0.6 is 24.8 Å². The molecule has 1 atom stereocenters. The third kappa shape index (κ3) is 4.79. The number of halogens is 2. The van der Waals surface area contributed by atoms with Gasteiger partial charge in [-0.3, -0.25) is 9.78 Å². The van der Waals surface area contributed by atoms with E-state index < -0.39 is 5.92 Å². The lowest BCUT2D eigenvalue weighted by Gasteiger charge is -2.12. The van der Waals surface area contributed by atoms with Crippen molar-refractivity contribution in [2.75, 3.05) is 13.2 Å². The van der Waals surface area contributed by atoms with Crippen molar-refractivity contribution in [3.8, 4) is 0 Å². The quantitative estimate of drug-likeness (QED) is 0.840. The zero-order valence-corrected chi connectivity index (χ0v) is 10.6. The van der Waals surface area contributed by atoms with Crippen molar-refractivity contribution in [1.29, 1.82) is 0 Å². The molecule has 92 valence electrons. The van der Waals surface area contributed by atoms with E-state index in [1.165, 1.54) is 0 Å². The van der Waals surface area contributed by atoms with Gasteiger partial charge in [-0.2, -0.15) is 0 Å². The summed E-state index contributed by atoms with van der Waals surface area (Å²) in [6.45, 7) is 2.38. The van der Waals surface area contributed by atoms with Gasteiger partial charge < -0.3 is 10.5 Å². The highest BCUT2D eigenvalue weighted by atomic mass is 35.5. The predicted molar refractivity (Wildman–Crippen MR) is 67.2 cm³/mol. The minimum atomic E-state index is -0.399. The van der Waals surface area contributed by atoms with E-state index in [-0.39, 0.29) is 37.3 Å². The number of nitrogens with zero attached hydrogens (tertiary/aromatic N) is 1. The Bertz CT molecular complexity index is 296. The van der Waals surface area contributed by atoms with E-state index in [2.05, 4.69) is 4.98 Å². The van der Waals surface area contributed by atoms with Gasteiger partial charge in [-0.05, 0) is 18.6 Å². The lowest BCUT2D eigenvalue weighted by molar-refractivity contribution is -0.144. The summed E-state index contributed by atoms with van der Waals surface area (Å²) in [5, 5.41) is 0. The van der Waals surface area contributed by atoms with E-state index in [4.69, 9.17) is 10.5 Å². The predicted octanol–water partition coefficient (Wildman–Crippen LogP) is 1.53. The number of ether oxygens (including phenoxy) is 1. The molecule has 1 aromatic heterocycles. The van der Waals surface area contributed by atoms with Crippen molar-refractivity contribution in [2.45, 2.75) is 12.8 Å². The molecule has 0 spiro atoms. The van der Waals surface area contributed by atoms with Crippen molar-refractivity contribution in [2.24, 2.45) is 5.73 Å². The molecule has 0 amide bonds. The Morgan fingerprint density at radius 2 is 2.25 bits per heavy atom. The highest BCUT2D eigenvalue weighted by Gasteiger charge is 2.19. The number of carbonyl (C=O) groups is 1. The normalized spacial score (nSPS) is 10.6. The summed E-state index contributed by atoms with van der Waals surface area (Å²) in [7, 11) is 0. The molecule has 0 aliphatic rings. The molecule has 0 unspecified atom stereocenters. The third-order valence-corrected chi connectivity index (χ3v) is 1.89. The molecule has 0 fully saturated rings. The molecule has 16 heavy (non-hydrogen) atoms. The van der Waals surface area contributed by atoms with Crippen LogP contribution in [0, 0.1) is 0 Å². The van der Waals surface area contributed by atoms with Gasteiger partial charge >= 0.3 is 5.97 Å². The second-order valence-corrected chi connectivity index (χ2v) is 2.83. The summed E-state index contributed by atoms with van der Waals surface area (Å²) in [4.78, 5) is 15.4. The fourth-order valence-electron chi connectivity index (χ4n) is 1.19. The Labute approximate surface area is 107 Å². The lowest BCUT2D eigenvalue weighted by Crippen LogP contribution is -2.23. The highest BCUT2D eigenvalue weighted by molar-refractivity contribution is 5.85. The second-order valence-electron chi connectivity index (χ2n) is 2.83. The zero-order chi connectivity index (χ0) is 10.4. The number of rotatable bonds is 4. The largest absolute Gasteiger partial charge is 0.465 e. The molecule has 0 saturated heterocycles. The minimum Gasteiger partial charge on any atom is -0.465 e. The summed E-state index contributed by atoms with van der Waals surface area (Å²) >= 11 is 0. The van der Waals surface area contributed by atoms with Crippen molar-refractivity contribution in [3.63, 3.8) is 0 Å². The number of pyridine rings is 1. The molecular weight excluding hydrogens is 251 g/mol. The first-order valence-corrected chi connectivity index (χ1v) is 4.56. The van der Waals surface area contributed by atoms with Gasteiger partial charge in [0.1, 0.15) is 0 Å².